The zero-order chi connectivity index (χ0) is 32.4. The van der Waals surface area contributed by atoms with E-state index in [4.69, 9.17) is 34.8 Å². The van der Waals surface area contributed by atoms with Gasteiger partial charge in [-0.15, -0.1) is 0 Å². The van der Waals surface area contributed by atoms with Crippen LogP contribution in [0, 0.1) is 12.3 Å². The van der Waals surface area contributed by atoms with E-state index in [2.05, 4.69) is 20.5 Å². The van der Waals surface area contributed by atoms with Crippen molar-refractivity contribution in [3.63, 3.8) is 0 Å². The molecule has 1 unspecified atom stereocenters. The molecule has 3 aromatic carbocycles. The molecule has 0 aliphatic heterocycles. The van der Waals surface area contributed by atoms with Crippen LogP contribution in [-0.2, 0) is 21.4 Å². The Balaban J connectivity index is 1.61. The number of carbonyl (C=O) groups is 2. The van der Waals surface area contributed by atoms with Crippen molar-refractivity contribution >= 4 is 62.3 Å². The largest absolute Gasteiger partial charge is 0.350 e. The van der Waals surface area contributed by atoms with Crippen LogP contribution in [0.4, 0.5) is 5.69 Å². The van der Waals surface area contributed by atoms with E-state index in [1.54, 1.807) is 66.2 Å². The van der Waals surface area contributed by atoms with Crippen LogP contribution in [0.1, 0.15) is 42.4 Å². The third-order valence-corrected chi connectivity index (χ3v) is 8.12. The molecule has 1 heterocycles. The van der Waals surface area contributed by atoms with E-state index < -0.39 is 27.4 Å². The fourth-order valence-electron chi connectivity index (χ4n) is 4.56. The van der Waals surface area contributed by atoms with Gasteiger partial charge in [0.25, 0.3) is 5.91 Å². The summed E-state index contributed by atoms with van der Waals surface area (Å²) in [7, 11) is -3.40. The number of hydrogen-bond acceptors (Lipinski definition) is 5. The van der Waals surface area contributed by atoms with E-state index >= 15 is 0 Å². The van der Waals surface area contributed by atoms with Gasteiger partial charge in [-0.3, -0.25) is 14.3 Å². The number of anilines is 1. The van der Waals surface area contributed by atoms with Crippen LogP contribution >= 0.6 is 34.8 Å². The highest BCUT2D eigenvalue weighted by molar-refractivity contribution is 7.92. The van der Waals surface area contributed by atoms with E-state index in [9.17, 15) is 18.0 Å². The smallest absolute Gasteiger partial charge is 0.272 e. The van der Waals surface area contributed by atoms with Crippen molar-refractivity contribution in [2.24, 2.45) is 5.41 Å². The molecule has 232 valence electrons. The lowest BCUT2D eigenvalue weighted by atomic mass is 9.86. The summed E-state index contributed by atoms with van der Waals surface area (Å²) in [6, 6.07) is 17.8. The highest BCUT2D eigenvalue weighted by atomic mass is 35.5. The van der Waals surface area contributed by atoms with Gasteiger partial charge in [0.1, 0.15) is 6.04 Å². The molecule has 0 saturated carbocycles. The van der Waals surface area contributed by atoms with Gasteiger partial charge in [0.2, 0.25) is 15.9 Å². The highest BCUT2D eigenvalue weighted by Crippen LogP contribution is 2.33. The molecule has 0 bridgehead atoms. The quantitative estimate of drug-likeness (QED) is 0.184. The van der Waals surface area contributed by atoms with Gasteiger partial charge in [0.15, 0.2) is 5.69 Å². The lowest BCUT2D eigenvalue weighted by Crippen LogP contribution is -2.53. The molecule has 1 aromatic heterocycles. The molecule has 44 heavy (non-hydrogen) atoms. The number of sulfonamides is 1. The molecule has 0 radical (unpaired) electrons. The first-order valence-electron chi connectivity index (χ1n) is 13.5. The van der Waals surface area contributed by atoms with Crippen LogP contribution in [0.5, 0.6) is 0 Å². The molecular weight excluding hydrogens is 645 g/mol. The normalized spacial score (nSPS) is 12.5. The number of halogens is 3. The van der Waals surface area contributed by atoms with Gasteiger partial charge in [0, 0.05) is 33.4 Å². The molecule has 0 saturated heterocycles. The zero-order valence-electron chi connectivity index (χ0n) is 24.7. The maximum absolute atomic E-state index is 13.8. The third-order valence-electron chi connectivity index (χ3n) is 6.72. The average molecular weight is 677 g/mol. The van der Waals surface area contributed by atoms with Crippen molar-refractivity contribution in [3.8, 4) is 16.9 Å². The van der Waals surface area contributed by atoms with Crippen molar-refractivity contribution in [2.45, 2.75) is 40.3 Å². The minimum atomic E-state index is -3.40. The predicted octanol–water partition coefficient (Wildman–Crippen LogP) is 6.64. The van der Waals surface area contributed by atoms with Crippen molar-refractivity contribution < 1.29 is 18.0 Å². The fourth-order valence-corrected chi connectivity index (χ4v) is 5.74. The Kier molecular flexibility index (Phi) is 9.99. The average Bonchev–Trinajstić information content (AvgIpc) is 3.26. The standard InChI is InChI=1S/C31H32Cl3N5O4S/c1-18-26(37-39(25-15-12-22(33)16-24(25)34)27(18)20-8-10-21(32)11-9-20)29(40)36-28(31(2,3)4)30(41)35-17-19-6-13-23(14-7-19)38-44(5,42)43/h6-16,28,38H,17H2,1-5H3,(H,35,41)(H,36,40). The first-order valence-corrected chi connectivity index (χ1v) is 16.5. The van der Waals surface area contributed by atoms with Gasteiger partial charge in [0.05, 0.1) is 22.7 Å². The van der Waals surface area contributed by atoms with Gasteiger partial charge in [-0.2, -0.15) is 5.10 Å². The minimum Gasteiger partial charge on any atom is -0.350 e. The Morgan fingerprint density at radius 1 is 0.932 bits per heavy atom. The second-order valence-electron chi connectivity index (χ2n) is 11.4. The lowest BCUT2D eigenvalue weighted by molar-refractivity contribution is -0.125. The molecule has 3 N–H and O–H groups in total. The zero-order valence-corrected chi connectivity index (χ0v) is 27.8. The summed E-state index contributed by atoms with van der Waals surface area (Å²) in [6.07, 6.45) is 1.07. The van der Waals surface area contributed by atoms with E-state index in [0.717, 1.165) is 17.4 Å². The second kappa shape index (κ2) is 13.2. The van der Waals surface area contributed by atoms with Crippen LogP contribution in [0.2, 0.25) is 15.1 Å². The number of rotatable bonds is 9. The summed E-state index contributed by atoms with van der Waals surface area (Å²) in [5, 5.41) is 11.8. The number of carbonyl (C=O) groups excluding carboxylic acids is 2. The first-order chi connectivity index (χ1) is 20.5. The lowest BCUT2D eigenvalue weighted by Gasteiger charge is -2.30. The Morgan fingerprint density at radius 2 is 1.55 bits per heavy atom. The van der Waals surface area contributed by atoms with Gasteiger partial charge in [-0.25, -0.2) is 13.1 Å². The number of nitrogens with zero attached hydrogens (tertiary/aromatic N) is 2. The first kappa shape index (κ1) is 33.3. The molecule has 9 nitrogen and oxygen atoms in total. The Bertz CT molecular complexity index is 1800. The van der Waals surface area contributed by atoms with Crippen LogP contribution in [0.3, 0.4) is 0 Å². The molecule has 0 aliphatic rings. The number of benzene rings is 3. The molecule has 0 aliphatic carbocycles. The number of aromatic nitrogens is 2. The van der Waals surface area contributed by atoms with E-state index in [0.29, 0.717) is 37.7 Å². The SMILES string of the molecule is Cc1c(C(=O)NC(C(=O)NCc2ccc(NS(C)(=O)=O)cc2)C(C)(C)C)nn(-c2ccc(Cl)cc2Cl)c1-c1ccc(Cl)cc1. The van der Waals surface area contributed by atoms with Crippen molar-refractivity contribution in [1.29, 1.82) is 0 Å². The molecule has 1 atom stereocenters. The summed E-state index contributed by atoms with van der Waals surface area (Å²) in [5.74, 6) is -0.923. The second-order valence-corrected chi connectivity index (χ2v) is 14.4. The summed E-state index contributed by atoms with van der Waals surface area (Å²) >= 11 is 18.8. The highest BCUT2D eigenvalue weighted by Gasteiger charge is 2.34. The molecule has 4 aromatic rings. The van der Waals surface area contributed by atoms with E-state index in [1.807, 2.05) is 32.9 Å². The van der Waals surface area contributed by atoms with E-state index in [1.165, 1.54) is 0 Å². The van der Waals surface area contributed by atoms with Crippen molar-refractivity contribution in [2.75, 3.05) is 11.0 Å². The fraction of sp³-hybridized carbons (Fsp3) is 0.258. The van der Waals surface area contributed by atoms with E-state index in [-0.39, 0.29) is 18.1 Å². The monoisotopic (exact) mass is 675 g/mol. The summed E-state index contributed by atoms with van der Waals surface area (Å²) in [4.78, 5) is 27.2. The Hall–Kier alpha value is -3.57. The van der Waals surface area contributed by atoms with Crippen molar-refractivity contribution in [3.05, 3.63) is 98.6 Å². The topological polar surface area (TPSA) is 122 Å². The molecule has 4 rings (SSSR count). The molecule has 13 heteroatoms. The summed E-state index contributed by atoms with van der Waals surface area (Å²) in [5.41, 5.74) is 3.11. The minimum absolute atomic E-state index is 0.122. The van der Waals surface area contributed by atoms with Crippen LogP contribution in [0.25, 0.3) is 16.9 Å². The number of amides is 2. The van der Waals surface area contributed by atoms with Gasteiger partial charge < -0.3 is 10.6 Å². The van der Waals surface area contributed by atoms with Gasteiger partial charge in [-0.05, 0) is 60.4 Å². The number of hydrogen-bond donors (Lipinski definition) is 3. The number of nitrogens with one attached hydrogen (secondary N) is 3. The maximum Gasteiger partial charge on any atom is 0.272 e. The predicted molar refractivity (Wildman–Crippen MR) is 176 cm³/mol. The summed E-state index contributed by atoms with van der Waals surface area (Å²) in [6.45, 7) is 7.49. The Labute approximate surface area is 272 Å². The third kappa shape index (κ3) is 8.12. The summed E-state index contributed by atoms with van der Waals surface area (Å²) < 4.78 is 26.9. The van der Waals surface area contributed by atoms with Crippen LogP contribution < -0.4 is 15.4 Å². The van der Waals surface area contributed by atoms with Crippen molar-refractivity contribution in [1.82, 2.24) is 20.4 Å². The van der Waals surface area contributed by atoms with Crippen LogP contribution in [0.15, 0.2) is 66.7 Å². The molecule has 2 amide bonds. The maximum atomic E-state index is 13.8. The Morgan fingerprint density at radius 3 is 2.11 bits per heavy atom. The van der Waals surface area contributed by atoms with Crippen LogP contribution in [-0.4, -0.2) is 42.3 Å². The molecule has 0 spiro atoms. The van der Waals surface area contributed by atoms with Gasteiger partial charge in [-0.1, -0.05) is 79.8 Å². The molecule has 0 fully saturated rings. The molecular formula is C31H32Cl3N5O4S. The van der Waals surface area contributed by atoms with Gasteiger partial charge >= 0.3 is 0 Å².